The fourth-order valence-electron chi connectivity index (χ4n) is 2.80. The Kier molecular flexibility index (Phi) is 4.71. The number of halogens is 1. The van der Waals surface area contributed by atoms with Crippen LogP contribution in [-0.2, 0) is 15.6 Å². The molecule has 4 nitrogen and oxygen atoms in total. The molecule has 0 spiro atoms. The molecule has 0 bridgehead atoms. The Morgan fingerprint density at radius 3 is 2.46 bits per heavy atom. The van der Waals surface area contributed by atoms with Gasteiger partial charge in [0, 0.05) is 11.6 Å². The number of benzene rings is 2. The molecule has 0 heterocycles. The number of rotatable bonds is 6. The Bertz CT molecular complexity index is 835. The van der Waals surface area contributed by atoms with Crippen LogP contribution in [0.1, 0.15) is 24.0 Å². The van der Waals surface area contributed by atoms with Gasteiger partial charge in [-0.3, -0.25) is 0 Å². The first-order valence-corrected chi connectivity index (χ1v) is 9.73. The Hall–Kier alpha value is -1.40. The van der Waals surface area contributed by atoms with Crippen molar-refractivity contribution in [1.29, 1.82) is 0 Å². The largest absolute Gasteiger partial charge is 0.383 e. The minimum Gasteiger partial charge on any atom is -0.383 e. The molecule has 2 N–H and O–H groups in total. The molecule has 24 heavy (non-hydrogen) atoms. The molecule has 1 unspecified atom stereocenters. The maximum atomic E-state index is 12.5. The Labute approximate surface area is 147 Å². The zero-order chi connectivity index (χ0) is 17.4. The highest BCUT2D eigenvalue weighted by atomic mass is 35.5. The summed E-state index contributed by atoms with van der Waals surface area (Å²) in [6, 6.07) is 13.8. The van der Waals surface area contributed by atoms with Crippen molar-refractivity contribution in [3.05, 3.63) is 64.7 Å². The number of sulfonamides is 1. The fourth-order valence-corrected chi connectivity index (χ4v) is 4.14. The van der Waals surface area contributed by atoms with E-state index in [1.807, 2.05) is 37.3 Å². The molecule has 3 rings (SSSR count). The Morgan fingerprint density at radius 2 is 1.88 bits per heavy atom. The van der Waals surface area contributed by atoms with E-state index < -0.39 is 15.6 Å². The lowest BCUT2D eigenvalue weighted by atomic mass is 9.89. The van der Waals surface area contributed by atoms with Gasteiger partial charge in [0.1, 0.15) is 5.60 Å². The standard InChI is InChI=1S/C18H20ClNO3S/c1-13-7-10-16(11-17(13)19)24(22,23)20-12-18(21,15-8-9-15)14-5-3-2-4-6-14/h2-7,10-11,15,20-21H,8-9,12H2,1H3. The smallest absolute Gasteiger partial charge is 0.240 e. The average Bonchev–Trinajstić information content (AvgIpc) is 3.41. The Morgan fingerprint density at radius 1 is 1.21 bits per heavy atom. The van der Waals surface area contributed by atoms with E-state index in [9.17, 15) is 13.5 Å². The normalized spacial score (nSPS) is 17.5. The molecule has 0 aromatic heterocycles. The van der Waals surface area contributed by atoms with Crippen LogP contribution in [0.15, 0.2) is 53.4 Å². The van der Waals surface area contributed by atoms with Crippen LogP contribution < -0.4 is 4.72 Å². The molecule has 6 heteroatoms. The lowest BCUT2D eigenvalue weighted by Crippen LogP contribution is -2.42. The van der Waals surface area contributed by atoms with Gasteiger partial charge in [0.25, 0.3) is 0 Å². The van der Waals surface area contributed by atoms with Crippen molar-refractivity contribution < 1.29 is 13.5 Å². The zero-order valence-corrected chi connectivity index (χ0v) is 14.9. The number of hydrogen-bond donors (Lipinski definition) is 2. The van der Waals surface area contributed by atoms with Crippen molar-refractivity contribution in [3.8, 4) is 0 Å². The molecule has 0 aliphatic heterocycles. The van der Waals surface area contributed by atoms with Crippen LogP contribution in [0.4, 0.5) is 0 Å². The summed E-state index contributed by atoms with van der Waals surface area (Å²) < 4.78 is 27.6. The lowest BCUT2D eigenvalue weighted by Gasteiger charge is -2.29. The van der Waals surface area contributed by atoms with Gasteiger partial charge in [0.05, 0.1) is 4.90 Å². The first kappa shape index (κ1) is 17.4. The molecule has 1 fully saturated rings. The maximum absolute atomic E-state index is 12.5. The maximum Gasteiger partial charge on any atom is 0.240 e. The second kappa shape index (κ2) is 6.48. The molecule has 0 saturated heterocycles. The quantitative estimate of drug-likeness (QED) is 0.825. The summed E-state index contributed by atoms with van der Waals surface area (Å²) in [5.41, 5.74) is 0.356. The van der Waals surface area contributed by atoms with Crippen LogP contribution in [0.5, 0.6) is 0 Å². The van der Waals surface area contributed by atoms with Gasteiger partial charge in [0.2, 0.25) is 10.0 Å². The number of nitrogens with one attached hydrogen (secondary N) is 1. The minimum atomic E-state index is -3.74. The molecule has 2 aromatic rings. The summed E-state index contributed by atoms with van der Waals surface area (Å²) >= 11 is 6.02. The van der Waals surface area contributed by atoms with Gasteiger partial charge in [0.15, 0.2) is 0 Å². The van der Waals surface area contributed by atoms with Crippen LogP contribution in [0.25, 0.3) is 0 Å². The first-order chi connectivity index (χ1) is 11.3. The average molecular weight is 366 g/mol. The van der Waals surface area contributed by atoms with Gasteiger partial charge < -0.3 is 5.11 Å². The summed E-state index contributed by atoms with van der Waals surface area (Å²) in [6.07, 6.45) is 1.78. The SMILES string of the molecule is Cc1ccc(S(=O)(=O)NCC(O)(c2ccccc2)C2CC2)cc1Cl. The van der Waals surface area contributed by atoms with Gasteiger partial charge in [-0.15, -0.1) is 0 Å². The molecule has 1 saturated carbocycles. The molecule has 1 atom stereocenters. The topological polar surface area (TPSA) is 66.4 Å². The van der Waals surface area contributed by atoms with Crippen LogP contribution in [0, 0.1) is 12.8 Å². The second-order valence-corrected chi connectivity index (χ2v) is 8.47. The minimum absolute atomic E-state index is 0.0600. The Balaban J connectivity index is 1.83. The van der Waals surface area contributed by atoms with E-state index in [-0.39, 0.29) is 17.4 Å². The van der Waals surface area contributed by atoms with E-state index in [0.717, 1.165) is 24.0 Å². The number of aryl methyl sites for hydroxylation is 1. The van der Waals surface area contributed by atoms with E-state index in [2.05, 4.69) is 4.72 Å². The number of aliphatic hydroxyl groups is 1. The van der Waals surface area contributed by atoms with Gasteiger partial charge in [-0.1, -0.05) is 48.0 Å². The molecular formula is C18H20ClNO3S. The molecule has 0 amide bonds. The van der Waals surface area contributed by atoms with Crippen LogP contribution >= 0.6 is 11.6 Å². The highest BCUT2D eigenvalue weighted by Crippen LogP contribution is 2.45. The third-order valence-corrected chi connectivity index (χ3v) is 6.32. The van der Waals surface area contributed by atoms with Crippen LogP contribution in [0.3, 0.4) is 0 Å². The van der Waals surface area contributed by atoms with Gasteiger partial charge in [-0.25, -0.2) is 13.1 Å². The van der Waals surface area contributed by atoms with Gasteiger partial charge in [-0.05, 0) is 48.9 Å². The van der Waals surface area contributed by atoms with Crippen molar-refractivity contribution in [2.75, 3.05) is 6.54 Å². The lowest BCUT2D eigenvalue weighted by molar-refractivity contribution is 0.0185. The molecular weight excluding hydrogens is 346 g/mol. The van der Waals surface area contributed by atoms with Crippen molar-refractivity contribution >= 4 is 21.6 Å². The third-order valence-electron chi connectivity index (χ3n) is 4.51. The molecule has 1 aliphatic carbocycles. The van der Waals surface area contributed by atoms with Crippen molar-refractivity contribution in [2.24, 2.45) is 5.92 Å². The number of hydrogen-bond acceptors (Lipinski definition) is 3. The van der Waals surface area contributed by atoms with E-state index in [1.54, 1.807) is 6.07 Å². The van der Waals surface area contributed by atoms with Crippen molar-refractivity contribution in [2.45, 2.75) is 30.3 Å². The molecule has 128 valence electrons. The summed E-state index contributed by atoms with van der Waals surface area (Å²) in [5.74, 6) is 0.0733. The molecule has 1 aliphatic rings. The highest BCUT2D eigenvalue weighted by Gasteiger charge is 2.45. The summed E-state index contributed by atoms with van der Waals surface area (Å²) in [4.78, 5) is 0.101. The third kappa shape index (κ3) is 3.49. The first-order valence-electron chi connectivity index (χ1n) is 7.87. The monoisotopic (exact) mass is 365 g/mol. The molecule has 0 radical (unpaired) electrons. The van der Waals surface area contributed by atoms with Crippen LogP contribution in [0.2, 0.25) is 5.02 Å². The summed E-state index contributed by atoms with van der Waals surface area (Å²) in [7, 11) is -3.74. The fraction of sp³-hybridized carbons (Fsp3) is 0.333. The summed E-state index contributed by atoms with van der Waals surface area (Å²) in [5, 5.41) is 11.5. The van der Waals surface area contributed by atoms with E-state index in [1.165, 1.54) is 12.1 Å². The van der Waals surface area contributed by atoms with Gasteiger partial charge >= 0.3 is 0 Å². The van der Waals surface area contributed by atoms with E-state index in [4.69, 9.17) is 11.6 Å². The highest BCUT2D eigenvalue weighted by molar-refractivity contribution is 7.89. The van der Waals surface area contributed by atoms with E-state index >= 15 is 0 Å². The van der Waals surface area contributed by atoms with E-state index in [0.29, 0.717) is 5.02 Å². The predicted molar refractivity (Wildman–Crippen MR) is 94.4 cm³/mol. The van der Waals surface area contributed by atoms with Gasteiger partial charge in [-0.2, -0.15) is 0 Å². The van der Waals surface area contributed by atoms with Crippen LogP contribution in [-0.4, -0.2) is 20.1 Å². The van der Waals surface area contributed by atoms with Crippen molar-refractivity contribution in [1.82, 2.24) is 4.72 Å². The second-order valence-electron chi connectivity index (χ2n) is 6.30. The predicted octanol–water partition coefficient (Wildman–Crippen LogP) is 3.22. The van der Waals surface area contributed by atoms with Crippen molar-refractivity contribution in [3.63, 3.8) is 0 Å². The zero-order valence-electron chi connectivity index (χ0n) is 13.4. The molecule has 2 aromatic carbocycles. The summed E-state index contributed by atoms with van der Waals surface area (Å²) in [6.45, 7) is 1.75.